The van der Waals surface area contributed by atoms with E-state index in [1.54, 1.807) is 27.4 Å². The second-order valence-corrected chi connectivity index (χ2v) is 6.92. The first-order valence-corrected chi connectivity index (χ1v) is 9.87. The van der Waals surface area contributed by atoms with Crippen molar-refractivity contribution in [3.8, 4) is 46.0 Å². The molecule has 8 heteroatoms. The maximum atomic E-state index is 6.20. The molecule has 0 radical (unpaired) electrons. The van der Waals surface area contributed by atoms with Gasteiger partial charge in [0, 0.05) is 12.0 Å². The predicted octanol–water partition coefficient (Wildman–Crippen LogP) is 4.93. The van der Waals surface area contributed by atoms with E-state index in [2.05, 4.69) is 9.97 Å². The molecule has 0 aliphatic carbocycles. The number of methoxy groups -OCH3 is 3. The Bertz CT molecular complexity index is 1160. The monoisotopic (exact) mass is 426 g/mol. The maximum Gasteiger partial charge on any atom is 0.205 e. The molecule has 0 atom stereocenters. The Morgan fingerprint density at radius 2 is 1.83 bits per heavy atom. The summed E-state index contributed by atoms with van der Waals surface area (Å²) in [7, 11) is 4.69. The molecular weight excluding hydrogens is 404 g/mol. The van der Waals surface area contributed by atoms with E-state index >= 15 is 0 Å². The fourth-order valence-electron chi connectivity index (χ4n) is 3.51. The molecule has 1 N–H and O–H groups in total. The van der Waals surface area contributed by atoms with Crippen LogP contribution in [0.4, 0.5) is 0 Å². The minimum absolute atomic E-state index is 0.461. The third kappa shape index (κ3) is 3.33. The molecule has 0 spiro atoms. The summed E-state index contributed by atoms with van der Waals surface area (Å²) in [5.74, 6) is 3.95. The maximum absolute atomic E-state index is 6.20. The molecule has 0 saturated carbocycles. The van der Waals surface area contributed by atoms with E-state index in [1.165, 1.54) is 0 Å². The number of para-hydroxylation sites is 1. The highest BCUT2D eigenvalue weighted by molar-refractivity contribution is 7.71. The van der Waals surface area contributed by atoms with Gasteiger partial charge < -0.3 is 28.7 Å². The highest BCUT2D eigenvalue weighted by Gasteiger charge is 2.25. The standard InChI is InChI=1S/C22H22N2O5S/c1-5-28-16-8-6-7-12-11-14-21(29-17(12)16)23-20(24-22(14)30)13-9-10-15(25-2)19(27-4)18(13)26-3/h6-10H,5,11H2,1-4H3,(H,23,24,30). The van der Waals surface area contributed by atoms with Crippen molar-refractivity contribution in [2.24, 2.45) is 0 Å². The lowest BCUT2D eigenvalue weighted by Crippen LogP contribution is -2.09. The number of nitrogens with one attached hydrogen (secondary N) is 1. The number of benzene rings is 2. The smallest absolute Gasteiger partial charge is 0.205 e. The molecule has 4 rings (SSSR count). The summed E-state index contributed by atoms with van der Waals surface area (Å²) < 4.78 is 28.8. The van der Waals surface area contributed by atoms with Crippen LogP contribution in [0.1, 0.15) is 18.1 Å². The Kier molecular flexibility index (Phi) is 5.50. The molecule has 0 saturated heterocycles. The average molecular weight is 426 g/mol. The normalized spacial score (nSPS) is 11.7. The third-order valence-corrected chi connectivity index (χ3v) is 5.21. The summed E-state index contributed by atoms with van der Waals surface area (Å²) in [6.45, 7) is 2.49. The van der Waals surface area contributed by atoms with Crippen LogP contribution in [-0.2, 0) is 6.42 Å². The number of fused-ring (bicyclic) bond motifs is 2. The van der Waals surface area contributed by atoms with Crippen molar-refractivity contribution >= 4 is 12.2 Å². The van der Waals surface area contributed by atoms with Gasteiger partial charge in [-0.3, -0.25) is 0 Å². The summed E-state index contributed by atoms with van der Waals surface area (Å²) in [6, 6.07) is 9.46. The van der Waals surface area contributed by atoms with Crippen molar-refractivity contribution in [1.82, 2.24) is 9.97 Å². The van der Waals surface area contributed by atoms with Gasteiger partial charge in [0.15, 0.2) is 23.0 Å². The van der Waals surface area contributed by atoms with Crippen LogP contribution >= 0.6 is 12.2 Å². The Morgan fingerprint density at radius 1 is 1.03 bits per heavy atom. The van der Waals surface area contributed by atoms with Crippen LogP contribution in [0.2, 0.25) is 0 Å². The lowest BCUT2D eigenvalue weighted by molar-refractivity contribution is 0.315. The number of aromatic amines is 1. The van der Waals surface area contributed by atoms with E-state index in [4.69, 9.17) is 35.9 Å². The summed E-state index contributed by atoms with van der Waals surface area (Å²) in [4.78, 5) is 7.86. The molecule has 7 nitrogen and oxygen atoms in total. The van der Waals surface area contributed by atoms with E-state index in [9.17, 15) is 0 Å². The Balaban J connectivity index is 1.84. The van der Waals surface area contributed by atoms with Crippen LogP contribution < -0.4 is 23.7 Å². The van der Waals surface area contributed by atoms with Gasteiger partial charge in [-0.25, -0.2) is 4.98 Å². The molecule has 1 aliphatic rings. The summed E-state index contributed by atoms with van der Waals surface area (Å²) in [5.41, 5.74) is 2.51. The van der Waals surface area contributed by atoms with Crippen molar-refractivity contribution in [2.75, 3.05) is 27.9 Å². The number of nitrogens with zero attached hydrogens (tertiary/aromatic N) is 1. The lowest BCUT2D eigenvalue weighted by atomic mass is 10.0. The van der Waals surface area contributed by atoms with Gasteiger partial charge in [-0.2, -0.15) is 0 Å². The Hall–Kier alpha value is -3.26. The number of H-pyrrole nitrogens is 1. The van der Waals surface area contributed by atoms with Gasteiger partial charge in [-0.1, -0.05) is 24.4 Å². The van der Waals surface area contributed by atoms with Gasteiger partial charge in [-0.15, -0.1) is 0 Å². The van der Waals surface area contributed by atoms with Crippen LogP contribution in [-0.4, -0.2) is 37.9 Å². The number of ether oxygens (including phenoxy) is 5. The van der Waals surface area contributed by atoms with E-state index in [0.717, 1.165) is 11.1 Å². The van der Waals surface area contributed by atoms with Crippen molar-refractivity contribution < 1.29 is 23.7 Å². The first kappa shape index (κ1) is 20.0. The summed E-state index contributed by atoms with van der Waals surface area (Å²) in [5, 5.41) is 0. The SMILES string of the molecule is CCOc1cccc2c1Oc1[nH]c(-c3ccc(OC)c(OC)c3OC)nc(=S)c1C2. The van der Waals surface area contributed by atoms with Gasteiger partial charge in [0.25, 0.3) is 0 Å². The van der Waals surface area contributed by atoms with Crippen LogP contribution in [0.5, 0.6) is 34.6 Å². The van der Waals surface area contributed by atoms with Crippen LogP contribution in [0, 0.1) is 4.64 Å². The van der Waals surface area contributed by atoms with Gasteiger partial charge in [0.2, 0.25) is 11.6 Å². The van der Waals surface area contributed by atoms with Crippen LogP contribution in [0.3, 0.4) is 0 Å². The molecule has 3 aromatic rings. The zero-order chi connectivity index (χ0) is 21.3. The molecule has 0 fully saturated rings. The van der Waals surface area contributed by atoms with Crippen molar-refractivity contribution in [3.63, 3.8) is 0 Å². The number of hydrogen-bond acceptors (Lipinski definition) is 7. The largest absolute Gasteiger partial charge is 0.493 e. The van der Waals surface area contributed by atoms with Crippen LogP contribution in [0.25, 0.3) is 11.4 Å². The summed E-state index contributed by atoms with van der Waals surface area (Å²) in [6.07, 6.45) is 0.608. The highest BCUT2D eigenvalue weighted by Crippen LogP contribution is 2.45. The first-order chi connectivity index (χ1) is 14.6. The van der Waals surface area contributed by atoms with Gasteiger partial charge in [0.1, 0.15) is 10.5 Å². The minimum atomic E-state index is 0.461. The van der Waals surface area contributed by atoms with E-state index < -0.39 is 0 Å². The number of hydrogen-bond donors (Lipinski definition) is 1. The molecule has 0 unspecified atom stereocenters. The van der Waals surface area contributed by atoms with Crippen LogP contribution in [0.15, 0.2) is 30.3 Å². The Morgan fingerprint density at radius 3 is 2.53 bits per heavy atom. The zero-order valence-electron chi connectivity index (χ0n) is 17.2. The molecule has 2 heterocycles. The molecule has 0 amide bonds. The molecule has 2 aromatic carbocycles. The zero-order valence-corrected chi connectivity index (χ0v) is 18.0. The van der Waals surface area contributed by atoms with E-state index in [-0.39, 0.29) is 0 Å². The summed E-state index contributed by atoms with van der Waals surface area (Å²) >= 11 is 5.59. The van der Waals surface area contributed by atoms with Crippen molar-refractivity contribution in [2.45, 2.75) is 13.3 Å². The van der Waals surface area contributed by atoms with Crippen molar-refractivity contribution in [1.29, 1.82) is 0 Å². The molecule has 156 valence electrons. The fourth-order valence-corrected chi connectivity index (χ4v) is 3.77. The third-order valence-electron chi connectivity index (χ3n) is 4.87. The number of rotatable bonds is 6. The average Bonchev–Trinajstić information content (AvgIpc) is 2.77. The minimum Gasteiger partial charge on any atom is -0.493 e. The van der Waals surface area contributed by atoms with E-state index in [1.807, 2.05) is 31.2 Å². The van der Waals surface area contributed by atoms with Gasteiger partial charge in [-0.05, 0) is 25.1 Å². The predicted molar refractivity (Wildman–Crippen MR) is 115 cm³/mol. The first-order valence-electron chi connectivity index (χ1n) is 9.46. The fraction of sp³-hybridized carbons (Fsp3) is 0.273. The molecule has 0 bridgehead atoms. The van der Waals surface area contributed by atoms with Gasteiger partial charge >= 0.3 is 0 Å². The molecule has 1 aromatic heterocycles. The van der Waals surface area contributed by atoms with Gasteiger partial charge in [0.05, 0.1) is 39.1 Å². The van der Waals surface area contributed by atoms with Crippen molar-refractivity contribution in [3.05, 3.63) is 46.1 Å². The second kappa shape index (κ2) is 8.23. The topological polar surface area (TPSA) is 74.8 Å². The quantitative estimate of drug-likeness (QED) is 0.438. The molecular formula is C22H22N2O5S. The number of aromatic nitrogens is 2. The molecule has 30 heavy (non-hydrogen) atoms. The molecule has 1 aliphatic heterocycles. The Labute approximate surface area is 179 Å². The van der Waals surface area contributed by atoms with E-state index in [0.29, 0.717) is 63.7 Å². The highest BCUT2D eigenvalue weighted by atomic mass is 32.1. The lowest BCUT2D eigenvalue weighted by Gasteiger charge is -2.23. The second-order valence-electron chi connectivity index (χ2n) is 6.54.